The van der Waals surface area contributed by atoms with Crippen molar-refractivity contribution < 1.29 is 18.3 Å². The van der Waals surface area contributed by atoms with E-state index in [1.807, 2.05) is 0 Å². The maximum Gasteiger partial charge on any atom is 0.151 e. The Morgan fingerprint density at radius 1 is 1.38 bits per heavy atom. The molecule has 0 unspecified atom stereocenters. The van der Waals surface area contributed by atoms with Crippen LogP contribution in [0.1, 0.15) is 19.8 Å². The summed E-state index contributed by atoms with van der Waals surface area (Å²) in [6.07, 6.45) is 1.22. The van der Waals surface area contributed by atoms with Gasteiger partial charge in [0.25, 0.3) is 0 Å². The fourth-order valence-corrected chi connectivity index (χ4v) is 2.37. The summed E-state index contributed by atoms with van der Waals surface area (Å²) in [5.41, 5.74) is -0.728. The highest BCUT2D eigenvalue weighted by Gasteiger charge is 2.29. The van der Waals surface area contributed by atoms with Crippen molar-refractivity contribution in [3.63, 3.8) is 0 Å². The largest absolute Gasteiger partial charge is 0.388 e. The van der Waals surface area contributed by atoms with E-state index in [0.717, 1.165) is 0 Å². The molecule has 1 fully saturated rings. The van der Waals surface area contributed by atoms with Crippen LogP contribution in [0, 0.1) is 0 Å². The van der Waals surface area contributed by atoms with Gasteiger partial charge in [0, 0.05) is 44.9 Å². The number of rotatable bonds is 6. The maximum atomic E-state index is 11.2. The molecule has 16 heavy (non-hydrogen) atoms. The Balaban J connectivity index is 2.20. The summed E-state index contributed by atoms with van der Waals surface area (Å²) in [4.78, 5) is 0. The monoisotopic (exact) mass is 251 g/mol. The lowest BCUT2D eigenvalue weighted by molar-refractivity contribution is -0.0612. The molecule has 1 aliphatic heterocycles. The van der Waals surface area contributed by atoms with Crippen molar-refractivity contribution in [2.24, 2.45) is 0 Å². The van der Waals surface area contributed by atoms with Crippen LogP contribution >= 0.6 is 0 Å². The van der Waals surface area contributed by atoms with Gasteiger partial charge in [-0.3, -0.25) is 0 Å². The van der Waals surface area contributed by atoms with Gasteiger partial charge < -0.3 is 15.2 Å². The van der Waals surface area contributed by atoms with Gasteiger partial charge in [0.05, 0.1) is 11.4 Å². The molecule has 0 aromatic rings. The zero-order valence-corrected chi connectivity index (χ0v) is 10.6. The minimum Gasteiger partial charge on any atom is -0.388 e. The van der Waals surface area contributed by atoms with E-state index >= 15 is 0 Å². The Labute approximate surface area is 97.1 Å². The van der Waals surface area contributed by atoms with Crippen LogP contribution in [-0.2, 0) is 14.6 Å². The van der Waals surface area contributed by atoms with E-state index in [1.165, 1.54) is 0 Å². The van der Waals surface area contributed by atoms with Crippen LogP contribution in [0.25, 0.3) is 0 Å². The van der Waals surface area contributed by atoms with Gasteiger partial charge in [-0.05, 0) is 0 Å². The van der Waals surface area contributed by atoms with E-state index in [4.69, 9.17) is 4.74 Å². The van der Waals surface area contributed by atoms with Crippen molar-refractivity contribution in [1.82, 2.24) is 5.32 Å². The fourth-order valence-electron chi connectivity index (χ4n) is 1.62. The first kappa shape index (κ1) is 13.9. The summed E-state index contributed by atoms with van der Waals surface area (Å²) in [6.45, 7) is 3.63. The zero-order valence-electron chi connectivity index (χ0n) is 9.74. The highest BCUT2D eigenvalue weighted by Crippen LogP contribution is 2.18. The minimum absolute atomic E-state index is 0.135. The minimum atomic E-state index is -2.91. The second kappa shape index (κ2) is 5.95. The highest BCUT2D eigenvalue weighted by atomic mass is 32.2. The number of sulfone groups is 1. The number of aliphatic hydroxyl groups is 1. The van der Waals surface area contributed by atoms with E-state index in [2.05, 4.69) is 5.32 Å². The van der Waals surface area contributed by atoms with Crippen molar-refractivity contribution in [2.75, 3.05) is 37.8 Å². The van der Waals surface area contributed by atoms with E-state index < -0.39 is 15.4 Å². The first-order chi connectivity index (χ1) is 7.47. The van der Waals surface area contributed by atoms with E-state index in [9.17, 15) is 13.5 Å². The maximum absolute atomic E-state index is 11.2. The Hall–Kier alpha value is -0.170. The van der Waals surface area contributed by atoms with E-state index in [-0.39, 0.29) is 11.5 Å². The average molecular weight is 251 g/mol. The first-order valence-electron chi connectivity index (χ1n) is 5.69. The van der Waals surface area contributed by atoms with E-state index in [0.29, 0.717) is 39.1 Å². The lowest BCUT2D eigenvalue weighted by Gasteiger charge is -2.32. The molecule has 0 spiro atoms. The molecule has 0 saturated carbocycles. The van der Waals surface area contributed by atoms with Crippen LogP contribution in [0.2, 0.25) is 0 Å². The van der Waals surface area contributed by atoms with Gasteiger partial charge in [-0.1, -0.05) is 6.92 Å². The first-order valence-corrected chi connectivity index (χ1v) is 7.51. The highest BCUT2D eigenvalue weighted by molar-refractivity contribution is 7.91. The zero-order chi connectivity index (χ0) is 12.1. The average Bonchev–Trinajstić information content (AvgIpc) is 2.26. The summed E-state index contributed by atoms with van der Waals surface area (Å²) >= 11 is 0. The lowest BCUT2D eigenvalue weighted by Crippen LogP contribution is -2.45. The Morgan fingerprint density at radius 2 is 2.00 bits per heavy atom. The van der Waals surface area contributed by atoms with Gasteiger partial charge in [0.1, 0.15) is 0 Å². The number of ether oxygens (including phenoxy) is 1. The molecule has 1 rings (SSSR count). The van der Waals surface area contributed by atoms with Crippen LogP contribution in [0.4, 0.5) is 0 Å². The standard InChI is InChI=1S/C10H21NO4S/c1-2-16(13,14)8-5-11-9-10(12)3-6-15-7-4-10/h11-12H,2-9H2,1H3. The molecule has 2 N–H and O–H groups in total. The third-order valence-corrected chi connectivity index (χ3v) is 4.61. The number of hydrogen-bond donors (Lipinski definition) is 2. The summed E-state index contributed by atoms with van der Waals surface area (Å²) in [7, 11) is -2.91. The van der Waals surface area contributed by atoms with Crippen LogP contribution in [0.15, 0.2) is 0 Å². The van der Waals surface area contributed by atoms with Gasteiger partial charge in [-0.2, -0.15) is 0 Å². The third kappa shape index (κ3) is 4.78. The SMILES string of the molecule is CCS(=O)(=O)CCNCC1(O)CCOCC1. The summed E-state index contributed by atoms with van der Waals surface area (Å²) in [5, 5.41) is 13.1. The van der Waals surface area contributed by atoms with Gasteiger partial charge in [-0.15, -0.1) is 0 Å². The smallest absolute Gasteiger partial charge is 0.151 e. The van der Waals surface area contributed by atoms with Crippen LogP contribution < -0.4 is 5.32 Å². The van der Waals surface area contributed by atoms with Crippen molar-refractivity contribution in [1.29, 1.82) is 0 Å². The van der Waals surface area contributed by atoms with Crippen molar-refractivity contribution in [3.05, 3.63) is 0 Å². The van der Waals surface area contributed by atoms with Gasteiger partial charge in [-0.25, -0.2) is 8.42 Å². The molecule has 1 heterocycles. The molecule has 1 saturated heterocycles. The van der Waals surface area contributed by atoms with Crippen LogP contribution in [0.5, 0.6) is 0 Å². The topological polar surface area (TPSA) is 75.6 Å². The second-order valence-electron chi connectivity index (χ2n) is 4.25. The molecule has 0 atom stereocenters. The van der Waals surface area contributed by atoms with Gasteiger partial charge in [0.2, 0.25) is 0 Å². The van der Waals surface area contributed by atoms with Crippen molar-refractivity contribution in [3.8, 4) is 0 Å². The Morgan fingerprint density at radius 3 is 2.56 bits per heavy atom. The fraction of sp³-hybridized carbons (Fsp3) is 1.00. The summed E-state index contributed by atoms with van der Waals surface area (Å²) in [6, 6.07) is 0. The number of nitrogens with one attached hydrogen (secondary N) is 1. The lowest BCUT2D eigenvalue weighted by atomic mass is 9.94. The molecule has 0 aliphatic carbocycles. The van der Waals surface area contributed by atoms with Crippen molar-refractivity contribution in [2.45, 2.75) is 25.4 Å². The normalized spacial score (nSPS) is 20.9. The predicted molar refractivity (Wildman–Crippen MR) is 62.2 cm³/mol. The Kier molecular flexibility index (Phi) is 5.17. The molecule has 0 aromatic heterocycles. The van der Waals surface area contributed by atoms with Crippen molar-refractivity contribution >= 4 is 9.84 Å². The van der Waals surface area contributed by atoms with E-state index in [1.54, 1.807) is 6.92 Å². The molecule has 6 heteroatoms. The molecule has 5 nitrogen and oxygen atoms in total. The molecule has 0 amide bonds. The predicted octanol–water partition coefficient (Wildman–Crippen LogP) is -0.448. The van der Waals surface area contributed by atoms with Gasteiger partial charge in [0.15, 0.2) is 9.84 Å². The summed E-state index contributed by atoms with van der Waals surface area (Å²) in [5.74, 6) is 0.308. The quantitative estimate of drug-likeness (QED) is 0.626. The Bertz CT molecular complexity index is 296. The van der Waals surface area contributed by atoms with Crippen LogP contribution in [0.3, 0.4) is 0 Å². The van der Waals surface area contributed by atoms with Crippen LogP contribution in [-0.4, -0.2) is 56.9 Å². The molecule has 96 valence electrons. The molecule has 0 bridgehead atoms. The van der Waals surface area contributed by atoms with Gasteiger partial charge >= 0.3 is 0 Å². The second-order valence-corrected chi connectivity index (χ2v) is 6.72. The molecule has 1 aliphatic rings. The molecular formula is C10H21NO4S. The molecule has 0 aromatic carbocycles. The summed E-state index contributed by atoms with van der Waals surface area (Å²) < 4.78 is 27.6. The molecule has 0 radical (unpaired) electrons. The molecular weight excluding hydrogens is 230 g/mol. The third-order valence-electron chi connectivity index (χ3n) is 2.91. The number of hydrogen-bond acceptors (Lipinski definition) is 5.